The van der Waals surface area contributed by atoms with Gasteiger partial charge in [0.25, 0.3) is 0 Å². The Morgan fingerprint density at radius 2 is 2.03 bits per heavy atom. The third-order valence-electron chi connectivity index (χ3n) is 5.84. The van der Waals surface area contributed by atoms with Gasteiger partial charge in [-0.25, -0.2) is 0 Å². The Bertz CT molecular complexity index is 966. The van der Waals surface area contributed by atoms with Crippen LogP contribution in [0.2, 0.25) is 0 Å². The number of benzene rings is 2. The van der Waals surface area contributed by atoms with Crippen molar-refractivity contribution in [3.63, 3.8) is 0 Å². The molecular weight excluding hydrogens is 380 g/mol. The molecule has 0 fully saturated rings. The lowest BCUT2D eigenvalue weighted by molar-refractivity contribution is -0.137. The number of aliphatic imine (C=N–C) groups is 1. The molecule has 0 spiro atoms. The third kappa shape index (κ3) is 4.13. The lowest BCUT2D eigenvalue weighted by Crippen LogP contribution is -2.29. The number of fused-ring (bicyclic) bond motifs is 1. The van der Waals surface area contributed by atoms with Gasteiger partial charge in [0, 0.05) is 24.6 Å². The minimum Gasteiger partial charge on any atom is -0.492 e. The Hall–Kier alpha value is -3.02. The molecule has 4 rings (SSSR count). The van der Waals surface area contributed by atoms with Gasteiger partial charge in [-0.3, -0.25) is 9.79 Å². The van der Waals surface area contributed by atoms with Gasteiger partial charge in [-0.2, -0.15) is 0 Å². The van der Waals surface area contributed by atoms with Crippen molar-refractivity contribution in [2.75, 3.05) is 26.7 Å². The topological polar surface area (TPSA) is 71.4 Å². The minimum absolute atomic E-state index is 0.0227. The van der Waals surface area contributed by atoms with Gasteiger partial charge in [0.2, 0.25) is 0 Å². The van der Waals surface area contributed by atoms with E-state index in [1.54, 1.807) is 0 Å². The molecule has 1 atom stereocenters. The molecule has 2 aromatic carbocycles. The summed E-state index contributed by atoms with van der Waals surface area (Å²) in [5.41, 5.74) is 3.28. The zero-order valence-corrected chi connectivity index (χ0v) is 17.7. The van der Waals surface area contributed by atoms with Crippen molar-refractivity contribution < 1.29 is 19.4 Å². The van der Waals surface area contributed by atoms with Crippen LogP contribution in [0.5, 0.6) is 11.5 Å². The van der Waals surface area contributed by atoms with Crippen molar-refractivity contribution in [3.8, 4) is 11.5 Å². The van der Waals surface area contributed by atoms with E-state index in [-0.39, 0.29) is 17.8 Å². The lowest BCUT2D eigenvalue weighted by atomic mass is 9.87. The molecule has 0 unspecified atom stereocenters. The number of carboxylic acid groups (broad SMARTS) is 1. The maximum absolute atomic E-state index is 11.4. The fourth-order valence-corrected chi connectivity index (χ4v) is 4.09. The van der Waals surface area contributed by atoms with Crippen molar-refractivity contribution in [1.29, 1.82) is 0 Å². The highest BCUT2D eigenvalue weighted by atomic mass is 16.5. The summed E-state index contributed by atoms with van der Waals surface area (Å²) in [5.74, 6) is 1.45. The van der Waals surface area contributed by atoms with Gasteiger partial charge in [0.1, 0.15) is 23.9 Å². The number of hydrogen-bond acceptors (Lipinski definition) is 5. The second-order valence-corrected chi connectivity index (χ2v) is 8.67. The number of likely N-dealkylation sites (N-methyl/N-ethyl adjacent to an activating group) is 1. The zero-order valence-electron chi connectivity index (χ0n) is 17.7. The Balaban J connectivity index is 1.44. The van der Waals surface area contributed by atoms with Gasteiger partial charge in [-0.1, -0.05) is 38.1 Å². The Morgan fingerprint density at radius 3 is 2.70 bits per heavy atom. The van der Waals surface area contributed by atoms with Gasteiger partial charge in [0.15, 0.2) is 0 Å². The monoisotopic (exact) mass is 408 g/mol. The summed E-state index contributed by atoms with van der Waals surface area (Å²) in [7, 11) is 1.96. The fraction of sp³-hybridized carbons (Fsp3) is 0.417. The normalized spacial score (nSPS) is 17.8. The number of hydrogen-bond donors (Lipinski definition) is 1. The fourth-order valence-electron chi connectivity index (χ4n) is 4.09. The third-order valence-corrected chi connectivity index (χ3v) is 5.84. The highest BCUT2D eigenvalue weighted by Gasteiger charge is 2.31. The number of ether oxygens (including phenoxy) is 2. The first-order valence-corrected chi connectivity index (χ1v) is 10.3. The summed E-state index contributed by atoms with van der Waals surface area (Å²) in [6.07, 6.45) is 0.0227. The maximum Gasteiger partial charge on any atom is 0.304 e. The molecule has 6 heteroatoms. The number of aliphatic carboxylic acids is 1. The van der Waals surface area contributed by atoms with E-state index in [0.717, 1.165) is 35.0 Å². The molecule has 158 valence electrons. The molecule has 0 radical (unpaired) electrons. The molecule has 2 aromatic rings. The molecule has 0 saturated carbocycles. The first-order valence-electron chi connectivity index (χ1n) is 10.3. The Kier molecular flexibility index (Phi) is 5.41. The van der Waals surface area contributed by atoms with Crippen LogP contribution < -0.4 is 9.47 Å². The van der Waals surface area contributed by atoms with Crippen molar-refractivity contribution >= 4 is 11.8 Å². The molecule has 2 heterocycles. The van der Waals surface area contributed by atoms with Crippen LogP contribution in [0.25, 0.3) is 0 Å². The summed E-state index contributed by atoms with van der Waals surface area (Å²) in [6, 6.07) is 13.9. The van der Waals surface area contributed by atoms with E-state index in [4.69, 9.17) is 9.47 Å². The highest BCUT2D eigenvalue weighted by Crippen LogP contribution is 2.38. The molecular formula is C24H28N2O4. The number of nitrogens with zero attached hydrogens (tertiary/aromatic N) is 2. The molecule has 0 aromatic heterocycles. The summed E-state index contributed by atoms with van der Waals surface area (Å²) in [5, 5.41) is 9.35. The van der Waals surface area contributed by atoms with Crippen LogP contribution >= 0.6 is 0 Å². The first kappa shape index (κ1) is 20.3. The predicted molar refractivity (Wildman–Crippen MR) is 116 cm³/mol. The van der Waals surface area contributed by atoms with Crippen molar-refractivity contribution in [2.24, 2.45) is 4.99 Å². The van der Waals surface area contributed by atoms with E-state index in [1.807, 2.05) is 36.2 Å². The van der Waals surface area contributed by atoms with E-state index in [1.165, 1.54) is 5.56 Å². The second kappa shape index (κ2) is 8.01. The Morgan fingerprint density at radius 1 is 1.27 bits per heavy atom. The number of carbonyl (C=O) groups is 1. The maximum atomic E-state index is 11.4. The van der Waals surface area contributed by atoms with Crippen LogP contribution in [0, 0.1) is 0 Å². The molecule has 2 aliphatic rings. The van der Waals surface area contributed by atoms with Crippen molar-refractivity contribution in [3.05, 3.63) is 59.2 Å². The van der Waals surface area contributed by atoms with Crippen LogP contribution in [0.4, 0.5) is 0 Å². The molecule has 0 aliphatic carbocycles. The molecule has 0 bridgehead atoms. The molecule has 1 N–H and O–H groups in total. The van der Waals surface area contributed by atoms with Crippen LogP contribution in [-0.2, 0) is 16.8 Å². The van der Waals surface area contributed by atoms with E-state index < -0.39 is 5.97 Å². The van der Waals surface area contributed by atoms with E-state index >= 15 is 0 Å². The van der Waals surface area contributed by atoms with Gasteiger partial charge >= 0.3 is 5.97 Å². The van der Waals surface area contributed by atoms with Gasteiger partial charge in [0.05, 0.1) is 25.5 Å². The van der Waals surface area contributed by atoms with Crippen LogP contribution in [-0.4, -0.2) is 48.6 Å². The van der Waals surface area contributed by atoms with E-state index in [9.17, 15) is 9.90 Å². The smallest absolute Gasteiger partial charge is 0.304 e. The van der Waals surface area contributed by atoms with Crippen LogP contribution in [0.1, 0.15) is 42.9 Å². The number of carboxylic acids is 1. The van der Waals surface area contributed by atoms with E-state index in [2.05, 4.69) is 37.0 Å². The number of amidine groups is 1. The largest absolute Gasteiger partial charge is 0.492 e. The summed E-state index contributed by atoms with van der Waals surface area (Å²) in [6.45, 7) is 7.06. The average molecular weight is 408 g/mol. The quantitative estimate of drug-likeness (QED) is 0.754. The lowest BCUT2D eigenvalue weighted by Gasteiger charge is -2.22. The van der Waals surface area contributed by atoms with Gasteiger partial charge in [-0.15, -0.1) is 0 Å². The van der Waals surface area contributed by atoms with Crippen molar-refractivity contribution in [1.82, 2.24) is 4.90 Å². The SMILES string of the molecule is CN1CCN=C1[C@@H](CC(=O)O)c1ccc(OCc2ccc3c(c2)OCC3(C)C)cc1. The van der Waals surface area contributed by atoms with E-state index in [0.29, 0.717) is 19.8 Å². The molecule has 0 amide bonds. The zero-order chi connectivity index (χ0) is 21.3. The number of rotatable bonds is 7. The molecule has 30 heavy (non-hydrogen) atoms. The molecule has 0 saturated heterocycles. The van der Waals surface area contributed by atoms with Crippen molar-refractivity contribution in [2.45, 2.75) is 38.2 Å². The highest BCUT2D eigenvalue weighted by molar-refractivity contribution is 5.93. The Labute approximate surface area is 177 Å². The summed E-state index contributed by atoms with van der Waals surface area (Å²) >= 11 is 0. The standard InChI is InChI=1S/C24H28N2O4/c1-24(2)15-30-21-12-16(4-9-20(21)24)14-29-18-7-5-17(6-8-18)19(13-22(27)28)23-25-10-11-26(23)3/h4-9,12,19H,10-11,13-15H2,1-3H3,(H,27,28)/t19-/m0/s1. The average Bonchev–Trinajstić information content (AvgIpc) is 3.27. The predicted octanol–water partition coefficient (Wildman–Crippen LogP) is 3.84. The second-order valence-electron chi connectivity index (χ2n) is 8.67. The van der Waals surface area contributed by atoms with Crippen LogP contribution in [0.15, 0.2) is 47.5 Å². The summed E-state index contributed by atoms with van der Waals surface area (Å²) in [4.78, 5) is 17.9. The molecule has 2 aliphatic heterocycles. The van der Waals surface area contributed by atoms with Crippen LogP contribution in [0.3, 0.4) is 0 Å². The van der Waals surface area contributed by atoms with Gasteiger partial charge in [-0.05, 0) is 29.3 Å². The van der Waals surface area contributed by atoms with Gasteiger partial charge < -0.3 is 19.5 Å². The minimum atomic E-state index is -0.828. The molecule has 6 nitrogen and oxygen atoms in total. The first-order chi connectivity index (χ1) is 14.3. The summed E-state index contributed by atoms with van der Waals surface area (Å²) < 4.78 is 11.8.